The van der Waals surface area contributed by atoms with E-state index in [2.05, 4.69) is 16.1 Å². The first-order valence-electron chi connectivity index (χ1n) is 13.1. The highest BCUT2D eigenvalue weighted by Gasteiger charge is 2.40. The molecule has 0 aliphatic carbocycles. The van der Waals surface area contributed by atoms with Gasteiger partial charge < -0.3 is 25.9 Å². The van der Waals surface area contributed by atoms with Crippen molar-refractivity contribution in [2.24, 2.45) is 11.8 Å². The summed E-state index contributed by atoms with van der Waals surface area (Å²) in [6, 6.07) is -1.85. The number of amides is 3. The van der Waals surface area contributed by atoms with Crippen molar-refractivity contribution in [1.82, 2.24) is 21.1 Å². The van der Waals surface area contributed by atoms with Gasteiger partial charge in [0.15, 0.2) is 0 Å². The van der Waals surface area contributed by atoms with Gasteiger partial charge in [0, 0.05) is 13.7 Å². The van der Waals surface area contributed by atoms with Gasteiger partial charge in [0.25, 0.3) is 5.91 Å². The zero-order valence-electron chi connectivity index (χ0n) is 23.9. The van der Waals surface area contributed by atoms with Crippen LogP contribution in [0.1, 0.15) is 67.7 Å². The number of hydrogen-bond acceptors (Lipinski definition) is 7. The molecule has 0 bridgehead atoms. The number of aliphatic carboxylic acids is 1. The third-order valence-corrected chi connectivity index (χ3v) is 6.76. The fourth-order valence-corrected chi connectivity index (χ4v) is 3.95. The predicted octanol–water partition coefficient (Wildman–Crippen LogP) is 2.19. The molecule has 1 rings (SSSR count). The van der Waals surface area contributed by atoms with Crippen LogP contribution in [-0.4, -0.2) is 76.9 Å². The molecule has 0 radical (unpaired) electrons. The molecule has 1 saturated heterocycles. The molecule has 38 heavy (non-hydrogen) atoms. The number of hydrogen-bond donors (Lipinski definition) is 5. The Morgan fingerprint density at radius 1 is 1.16 bits per heavy atom. The Kier molecular flexibility index (Phi) is 12.8. The highest BCUT2D eigenvalue weighted by Crippen LogP contribution is 2.19. The van der Waals surface area contributed by atoms with Gasteiger partial charge in [-0.3, -0.25) is 24.2 Å². The van der Waals surface area contributed by atoms with Gasteiger partial charge in [-0.05, 0) is 58.1 Å². The van der Waals surface area contributed by atoms with Gasteiger partial charge >= 0.3 is 5.97 Å². The van der Waals surface area contributed by atoms with Gasteiger partial charge in [0.05, 0.1) is 17.7 Å². The van der Waals surface area contributed by atoms with E-state index in [1.165, 1.54) is 26.0 Å². The molecule has 1 fully saturated rings. The number of nitrogens with one attached hydrogen (secondary N) is 4. The van der Waals surface area contributed by atoms with E-state index in [4.69, 9.17) is 10.1 Å². The van der Waals surface area contributed by atoms with Crippen LogP contribution in [0, 0.1) is 17.2 Å². The van der Waals surface area contributed by atoms with Crippen LogP contribution < -0.4 is 16.1 Å². The van der Waals surface area contributed by atoms with E-state index in [1.54, 1.807) is 39.0 Å². The van der Waals surface area contributed by atoms with E-state index >= 15 is 0 Å². The number of nitrogens with zero attached hydrogens (tertiary/aromatic N) is 1. The van der Waals surface area contributed by atoms with Gasteiger partial charge in [-0.15, -0.1) is 0 Å². The molecule has 5 N–H and O–H groups in total. The number of ether oxygens (including phenoxy) is 1. The number of carboxylic acids is 1. The fourth-order valence-electron chi connectivity index (χ4n) is 3.95. The Bertz CT molecular complexity index is 946. The molecular weight excluding hydrogens is 490 g/mol. The summed E-state index contributed by atoms with van der Waals surface area (Å²) in [4.78, 5) is 50.6. The van der Waals surface area contributed by atoms with Crippen LogP contribution in [0.2, 0.25) is 0 Å². The van der Waals surface area contributed by atoms with E-state index < -0.39 is 53.3 Å². The monoisotopic (exact) mass is 535 g/mol. The number of allylic oxidation sites excluding steroid dienone is 3. The molecule has 1 aliphatic heterocycles. The van der Waals surface area contributed by atoms with Crippen LogP contribution in [0.4, 0.5) is 0 Å². The molecule has 11 nitrogen and oxygen atoms in total. The summed E-state index contributed by atoms with van der Waals surface area (Å²) < 4.78 is 5.45. The number of hydrazine groups is 1. The van der Waals surface area contributed by atoms with Crippen molar-refractivity contribution >= 4 is 29.4 Å². The SMILES string of the molecule is CC/C(C)=C/C(=N)/C=C/[C@@H](OC)[C@@H](C)C(=O)N[C@H](C(=O)N[C@@H](C)C(=O)N1CCC[C@](C)(C(=O)O)N1)C(C)C. The fraction of sp³-hybridized carbons (Fsp3) is 0.667. The van der Waals surface area contributed by atoms with Crippen LogP contribution >= 0.6 is 0 Å². The first-order chi connectivity index (χ1) is 17.7. The highest BCUT2D eigenvalue weighted by molar-refractivity contribution is 6.02. The van der Waals surface area contributed by atoms with Crippen molar-refractivity contribution in [3.05, 3.63) is 23.8 Å². The summed E-state index contributed by atoms with van der Waals surface area (Å²) in [6.45, 7) is 12.5. The molecule has 0 spiro atoms. The van der Waals surface area contributed by atoms with Crippen LogP contribution in [0.15, 0.2) is 23.8 Å². The Balaban J connectivity index is 2.86. The van der Waals surface area contributed by atoms with Crippen LogP contribution in [-0.2, 0) is 23.9 Å². The lowest BCUT2D eigenvalue weighted by Crippen LogP contribution is -2.65. The van der Waals surface area contributed by atoms with E-state index in [-0.39, 0.29) is 5.92 Å². The highest BCUT2D eigenvalue weighted by atomic mass is 16.5. The van der Waals surface area contributed by atoms with Crippen molar-refractivity contribution in [2.45, 2.75) is 91.5 Å². The van der Waals surface area contributed by atoms with Gasteiger partial charge in [0.2, 0.25) is 11.8 Å². The van der Waals surface area contributed by atoms with E-state index in [0.29, 0.717) is 25.1 Å². The second-order valence-corrected chi connectivity index (χ2v) is 10.5. The maximum absolute atomic E-state index is 13.1. The lowest BCUT2D eigenvalue weighted by molar-refractivity contribution is -0.154. The molecule has 11 heteroatoms. The van der Waals surface area contributed by atoms with E-state index in [1.807, 2.05) is 13.8 Å². The molecule has 1 aliphatic rings. The summed E-state index contributed by atoms with van der Waals surface area (Å²) in [5.41, 5.74) is 2.85. The van der Waals surface area contributed by atoms with Gasteiger partial charge in [-0.2, -0.15) is 0 Å². The largest absolute Gasteiger partial charge is 0.480 e. The minimum atomic E-state index is -1.27. The molecule has 5 atom stereocenters. The van der Waals surface area contributed by atoms with Crippen LogP contribution in [0.25, 0.3) is 0 Å². The van der Waals surface area contributed by atoms with Crippen molar-refractivity contribution in [3.8, 4) is 0 Å². The average Bonchev–Trinajstić information content (AvgIpc) is 2.86. The van der Waals surface area contributed by atoms with Crippen molar-refractivity contribution in [2.75, 3.05) is 13.7 Å². The first kappa shape index (κ1) is 33.0. The summed E-state index contributed by atoms with van der Waals surface area (Å²) in [7, 11) is 1.47. The zero-order valence-corrected chi connectivity index (χ0v) is 23.9. The van der Waals surface area contributed by atoms with Gasteiger partial charge in [0.1, 0.15) is 17.6 Å². The Morgan fingerprint density at radius 2 is 1.79 bits per heavy atom. The molecular formula is C27H45N5O6. The third-order valence-electron chi connectivity index (χ3n) is 6.76. The lowest BCUT2D eigenvalue weighted by Gasteiger charge is -2.39. The van der Waals surface area contributed by atoms with Crippen molar-refractivity contribution < 1.29 is 29.0 Å². The minimum Gasteiger partial charge on any atom is -0.480 e. The normalized spacial score (nSPS) is 21.5. The smallest absolute Gasteiger partial charge is 0.325 e. The number of carbonyl (C=O) groups is 4. The number of carboxylic acid groups (broad SMARTS) is 1. The summed E-state index contributed by atoms with van der Waals surface area (Å²) in [5.74, 6) is -3.38. The second kappa shape index (κ2) is 14.8. The molecule has 0 aromatic carbocycles. The van der Waals surface area contributed by atoms with Crippen LogP contribution in [0.5, 0.6) is 0 Å². The molecule has 1 heterocycles. The van der Waals surface area contributed by atoms with Gasteiger partial charge in [-0.1, -0.05) is 39.3 Å². The van der Waals surface area contributed by atoms with Crippen molar-refractivity contribution in [3.63, 3.8) is 0 Å². The standard InChI is InChI=1S/C27H45N5O6/c1-9-17(4)15-20(28)11-12-21(38-8)18(5)23(33)30-22(16(2)3)24(34)29-19(6)25(35)32-14-10-13-27(7,31-32)26(36)37/h11-12,15-16,18-19,21-22,28,31H,9-10,13-14H2,1-8H3,(H,29,34)(H,30,33)(H,36,37)/b12-11+,17-15+,28-20?/t18-,19+,21-,22+,27-/m1/s1. The van der Waals surface area contributed by atoms with E-state index in [9.17, 15) is 24.3 Å². The number of methoxy groups -OCH3 is 1. The first-order valence-corrected chi connectivity index (χ1v) is 13.1. The quantitative estimate of drug-likeness (QED) is 0.226. The summed E-state index contributed by atoms with van der Waals surface area (Å²) in [6.07, 6.45) is 6.08. The predicted molar refractivity (Wildman–Crippen MR) is 145 cm³/mol. The maximum atomic E-state index is 13.1. The maximum Gasteiger partial charge on any atom is 0.325 e. The lowest BCUT2D eigenvalue weighted by atomic mass is 9.94. The molecule has 0 aromatic heterocycles. The molecule has 0 aromatic rings. The summed E-state index contributed by atoms with van der Waals surface area (Å²) in [5, 5.41) is 24.2. The third kappa shape index (κ3) is 9.36. The van der Waals surface area contributed by atoms with E-state index in [0.717, 1.165) is 12.0 Å². The molecule has 214 valence electrons. The van der Waals surface area contributed by atoms with Gasteiger partial charge in [-0.25, -0.2) is 5.43 Å². The van der Waals surface area contributed by atoms with Crippen molar-refractivity contribution in [1.29, 1.82) is 5.41 Å². The summed E-state index contributed by atoms with van der Waals surface area (Å²) >= 11 is 0. The molecule has 0 saturated carbocycles. The van der Waals surface area contributed by atoms with Crippen LogP contribution in [0.3, 0.4) is 0 Å². The Hall–Kier alpha value is -3.05. The Labute approximate surface area is 225 Å². The Morgan fingerprint density at radius 3 is 2.32 bits per heavy atom. The number of rotatable bonds is 13. The number of carbonyl (C=O) groups excluding carboxylic acids is 3. The average molecular weight is 536 g/mol. The zero-order chi connectivity index (χ0) is 29.2. The molecule has 0 unspecified atom stereocenters. The molecule has 3 amide bonds. The minimum absolute atomic E-state index is 0.274. The second-order valence-electron chi connectivity index (χ2n) is 10.5. The topological polar surface area (TPSA) is 161 Å².